The highest BCUT2D eigenvalue weighted by Gasteiger charge is 2.34. The van der Waals surface area contributed by atoms with Crippen molar-refractivity contribution in [2.75, 3.05) is 51.3 Å². The molecule has 1 aromatic heterocycles. The Morgan fingerprint density at radius 2 is 1.73 bits per heavy atom. The van der Waals surface area contributed by atoms with E-state index in [1.54, 1.807) is 30.2 Å². The quantitative estimate of drug-likeness (QED) is 0.720. The lowest BCUT2D eigenvalue weighted by Gasteiger charge is -2.36. The summed E-state index contributed by atoms with van der Waals surface area (Å²) in [5, 5.41) is 0. The highest BCUT2D eigenvalue weighted by atomic mass is 32.2. The van der Waals surface area contributed by atoms with Gasteiger partial charge < -0.3 is 19.5 Å². The number of carbonyl (C=O) groups excluding carboxylic acids is 1. The van der Waals surface area contributed by atoms with E-state index < -0.39 is 10.0 Å². The number of carbonyl (C=O) groups is 1. The van der Waals surface area contributed by atoms with Crippen LogP contribution in [0, 0.1) is 19.8 Å². The van der Waals surface area contributed by atoms with Crippen molar-refractivity contribution in [2.24, 2.45) is 5.92 Å². The molecule has 2 fully saturated rings. The number of aromatic amines is 1. The third kappa shape index (κ3) is 4.61. The van der Waals surface area contributed by atoms with Crippen molar-refractivity contribution in [1.82, 2.24) is 14.2 Å². The Kier molecular flexibility index (Phi) is 6.72. The van der Waals surface area contributed by atoms with Crippen LogP contribution in [0.15, 0.2) is 29.2 Å². The van der Waals surface area contributed by atoms with Crippen LogP contribution in [-0.2, 0) is 10.0 Å². The molecule has 3 heterocycles. The maximum atomic E-state index is 13.4. The molecule has 1 aromatic carbocycles. The Hall–Kier alpha value is -2.52. The van der Waals surface area contributed by atoms with Crippen LogP contribution in [0.5, 0.6) is 5.75 Å². The number of H-pyrrole nitrogens is 1. The van der Waals surface area contributed by atoms with Crippen LogP contribution in [-0.4, -0.2) is 74.9 Å². The summed E-state index contributed by atoms with van der Waals surface area (Å²) in [5.74, 6) is 1.20. The summed E-state index contributed by atoms with van der Waals surface area (Å²) in [6.07, 6.45) is 1.73. The maximum absolute atomic E-state index is 13.4. The molecule has 0 bridgehead atoms. The van der Waals surface area contributed by atoms with Gasteiger partial charge in [-0.2, -0.15) is 4.31 Å². The lowest BCUT2D eigenvalue weighted by Crippen LogP contribution is -2.49. The zero-order chi connectivity index (χ0) is 23.8. The van der Waals surface area contributed by atoms with E-state index in [0.717, 1.165) is 24.3 Å². The summed E-state index contributed by atoms with van der Waals surface area (Å²) in [6, 6.07) is 7.91. The van der Waals surface area contributed by atoms with Gasteiger partial charge in [0.05, 0.1) is 7.11 Å². The van der Waals surface area contributed by atoms with Gasteiger partial charge in [0, 0.05) is 56.7 Å². The van der Waals surface area contributed by atoms with Crippen LogP contribution < -0.4 is 9.64 Å². The molecule has 1 N–H and O–H groups in total. The topological polar surface area (TPSA) is 86.0 Å². The number of benzene rings is 1. The second-order valence-electron chi connectivity index (χ2n) is 9.15. The zero-order valence-electron chi connectivity index (χ0n) is 19.9. The van der Waals surface area contributed by atoms with Crippen molar-refractivity contribution in [2.45, 2.75) is 38.5 Å². The number of hydrogen-bond acceptors (Lipinski definition) is 5. The Balaban J connectivity index is 1.48. The molecule has 8 nitrogen and oxygen atoms in total. The smallest absolute Gasteiger partial charge is 0.270 e. The van der Waals surface area contributed by atoms with E-state index in [4.69, 9.17) is 4.74 Å². The van der Waals surface area contributed by atoms with Gasteiger partial charge in [0.1, 0.15) is 16.3 Å². The third-order valence-corrected chi connectivity index (χ3v) is 9.08. The first-order valence-electron chi connectivity index (χ1n) is 11.6. The molecule has 0 radical (unpaired) electrons. The predicted molar refractivity (Wildman–Crippen MR) is 129 cm³/mol. The molecule has 2 aromatic rings. The molecule has 0 atom stereocenters. The first kappa shape index (κ1) is 23.6. The Morgan fingerprint density at radius 1 is 1.06 bits per heavy atom. The highest BCUT2D eigenvalue weighted by molar-refractivity contribution is 7.89. The average molecular weight is 475 g/mol. The van der Waals surface area contributed by atoms with E-state index in [1.165, 1.54) is 0 Å². The molecule has 4 rings (SSSR count). The summed E-state index contributed by atoms with van der Waals surface area (Å²) in [6.45, 7) is 9.24. The van der Waals surface area contributed by atoms with Crippen LogP contribution in [0.25, 0.3) is 0 Å². The molecular weight excluding hydrogens is 440 g/mol. The SMILES string of the molecule is COc1cccc(N2CCN(C(=O)c3[nH]c(C)c(S(=O)(=O)N4CCC(C)CC4)c3C)CC2)c1. The number of hydrogen-bond donors (Lipinski definition) is 1. The Labute approximate surface area is 196 Å². The fourth-order valence-corrected chi connectivity index (χ4v) is 6.70. The predicted octanol–water partition coefficient (Wildman–Crippen LogP) is 3.02. The number of piperidine rings is 1. The van der Waals surface area contributed by atoms with Crippen LogP contribution in [0.3, 0.4) is 0 Å². The maximum Gasteiger partial charge on any atom is 0.270 e. The average Bonchev–Trinajstić information content (AvgIpc) is 3.13. The lowest BCUT2D eigenvalue weighted by molar-refractivity contribution is 0.0740. The number of anilines is 1. The number of methoxy groups -OCH3 is 1. The van der Waals surface area contributed by atoms with E-state index in [1.807, 2.05) is 24.3 Å². The van der Waals surface area contributed by atoms with Crippen molar-refractivity contribution in [3.05, 3.63) is 41.2 Å². The van der Waals surface area contributed by atoms with Gasteiger partial charge >= 0.3 is 0 Å². The highest BCUT2D eigenvalue weighted by Crippen LogP contribution is 2.30. The van der Waals surface area contributed by atoms with Crippen molar-refractivity contribution in [3.63, 3.8) is 0 Å². The molecule has 33 heavy (non-hydrogen) atoms. The minimum atomic E-state index is -3.63. The summed E-state index contributed by atoms with van der Waals surface area (Å²) < 4.78 is 33.6. The zero-order valence-corrected chi connectivity index (χ0v) is 20.7. The van der Waals surface area contributed by atoms with Crippen molar-refractivity contribution in [1.29, 1.82) is 0 Å². The summed E-state index contributed by atoms with van der Waals surface area (Å²) in [7, 11) is -1.98. The second kappa shape index (κ2) is 9.38. The van der Waals surface area contributed by atoms with Crippen LogP contribution in [0.2, 0.25) is 0 Å². The monoisotopic (exact) mass is 474 g/mol. The van der Waals surface area contributed by atoms with Gasteiger partial charge in [-0.1, -0.05) is 13.0 Å². The van der Waals surface area contributed by atoms with E-state index in [0.29, 0.717) is 62.1 Å². The number of amides is 1. The number of aryl methyl sites for hydroxylation is 1. The summed E-state index contributed by atoms with van der Waals surface area (Å²) >= 11 is 0. The van der Waals surface area contributed by atoms with Crippen LogP contribution in [0.4, 0.5) is 5.69 Å². The second-order valence-corrected chi connectivity index (χ2v) is 11.0. The standard InChI is InChI=1S/C24H34N4O4S/c1-17-8-10-28(11-9-17)33(30,31)23-18(2)22(25-19(23)3)24(29)27-14-12-26(13-15-27)20-6-5-7-21(16-20)32-4/h5-7,16-17,25H,8-15H2,1-4H3. The minimum Gasteiger partial charge on any atom is -0.497 e. The number of nitrogens with zero attached hydrogens (tertiary/aromatic N) is 3. The minimum absolute atomic E-state index is 0.144. The number of aromatic nitrogens is 1. The Morgan fingerprint density at radius 3 is 2.36 bits per heavy atom. The summed E-state index contributed by atoms with van der Waals surface area (Å²) in [4.78, 5) is 20.7. The molecule has 2 aliphatic rings. The molecule has 1 amide bonds. The molecule has 0 unspecified atom stereocenters. The molecule has 0 aliphatic carbocycles. The fraction of sp³-hybridized carbons (Fsp3) is 0.542. The van der Waals surface area contributed by atoms with Crippen LogP contribution in [0.1, 0.15) is 41.5 Å². The first-order chi connectivity index (χ1) is 15.7. The van der Waals surface area contributed by atoms with E-state index in [9.17, 15) is 13.2 Å². The van der Waals surface area contributed by atoms with E-state index >= 15 is 0 Å². The number of piperazine rings is 1. The first-order valence-corrected chi connectivity index (χ1v) is 13.0. The fourth-order valence-electron chi connectivity index (χ4n) is 4.82. The molecule has 0 saturated carbocycles. The van der Waals surface area contributed by atoms with Crippen molar-refractivity contribution >= 4 is 21.6 Å². The summed E-state index contributed by atoms with van der Waals surface area (Å²) in [5.41, 5.74) is 2.50. The van der Waals surface area contributed by atoms with Gasteiger partial charge in [0.15, 0.2) is 0 Å². The molecule has 9 heteroatoms. The number of ether oxygens (including phenoxy) is 1. The van der Waals surface area contributed by atoms with E-state index in [2.05, 4.69) is 16.8 Å². The third-order valence-electron chi connectivity index (χ3n) is 6.91. The number of sulfonamides is 1. The van der Waals surface area contributed by atoms with Gasteiger partial charge in [-0.15, -0.1) is 0 Å². The number of nitrogens with one attached hydrogen (secondary N) is 1. The van der Waals surface area contributed by atoms with Crippen molar-refractivity contribution < 1.29 is 17.9 Å². The van der Waals surface area contributed by atoms with Gasteiger partial charge in [-0.25, -0.2) is 8.42 Å². The number of rotatable bonds is 5. The van der Waals surface area contributed by atoms with Crippen molar-refractivity contribution in [3.8, 4) is 5.75 Å². The van der Waals surface area contributed by atoms with E-state index in [-0.39, 0.29) is 10.8 Å². The molecule has 180 valence electrons. The molecular formula is C24H34N4O4S. The normalized spacial score (nSPS) is 18.5. The van der Waals surface area contributed by atoms with Gasteiger partial charge in [0.2, 0.25) is 10.0 Å². The lowest BCUT2D eigenvalue weighted by atomic mass is 10.0. The van der Waals surface area contributed by atoms with Gasteiger partial charge in [0.25, 0.3) is 5.91 Å². The Bertz CT molecular complexity index is 1110. The van der Waals surface area contributed by atoms with Gasteiger partial charge in [-0.3, -0.25) is 4.79 Å². The van der Waals surface area contributed by atoms with Crippen LogP contribution >= 0.6 is 0 Å². The molecule has 2 aliphatic heterocycles. The largest absolute Gasteiger partial charge is 0.497 e. The molecule has 2 saturated heterocycles. The van der Waals surface area contributed by atoms with Gasteiger partial charge in [-0.05, 0) is 50.3 Å². The molecule has 0 spiro atoms.